The van der Waals surface area contributed by atoms with E-state index >= 15 is 0 Å². The van der Waals surface area contributed by atoms with Gasteiger partial charge in [-0.1, -0.05) is 78.9 Å². The smallest absolute Gasteiger partial charge is 0.135 e. The average molecular weight is 378 g/mol. The van der Waals surface area contributed by atoms with Crippen molar-refractivity contribution in [3.05, 3.63) is 103 Å². The second kappa shape index (κ2) is 7.06. The van der Waals surface area contributed by atoms with Crippen molar-refractivity contribution in [2.75, 3.05) is 0 Å². The fourth-order valence-electron chi connectivity index (χ4n) is 3.73. The van der Waals surface area contributed by atoms with E-state index in [1.54, 1.807) is 0 Å². The Balaban J connectivity index is 1.86. The fourth-order valence-corrected chi connectivity index (χ4v) is 4.04. The lowest BCUT2D eigenvalue weighted by atomic mass is 9.93. The van der Waals surface area contributed by atoms with Crippen LogP contribution in [0.3, 0.4) is 0 Å². The second-order valence-electron chi connectivity index (χ2n) is 6.76. The highest BCUT2D eigenvalue weighted by Gasteiger charge is 2.17. The van der Waals surface area contributed by atoms with Gasteiger partial charge in [-0.15, -0.1) is 12.6 Å². The van der Waals surface area contributed by atoms with Crippen LogP contribution < -0.4 is 4.74 Å². The van der Waals surface area contributed by atoms with E-state index < -0.39 is 0 Å². The van der Waals surface area contributed by atoms with Crippen LogP contribution in [0.1, 0.15) is 0 Å². The zero-order valence-electron chi connectivity index (χ0n) is 15.2. The van der Waals surface area contributed by atoms with Gasteiger partial charge < -0.3 is 4.74 Å². The summed E-state index contributed by atoms with van der Waals surface area (Å²) in [4.78, 5) is 0.938. The molecule has 0 aliphatic heterocycles. The number of para-hydroxylation sites is 1. The van der Waals surface area contributed by atoms with E-state index in [1.165, 1.54) is 16.2 Å². The maximum atomic E-state index is 6.34. The van der Waals surface area contributed by atoms with Gasteiger partial charge in [0.15, 0.2) is 0 Å². The predicted molar refractivity (Wildman–Crippen MR) is 121 cm³/mol. The third kappa shape index (κ3) is 2.92. The SMILES string of the molecule is Sc1ccc2ccccc2c1-c1c(Oc2ccccc2)ccc2ccccc12. The minimum atomic E-state index is 0.819. The molecule has 0 aliphatic rings. The number of hydrogen-bond acceptors (Lipinski definition) is 2. The van der Waals surface area contributed by atoms with Crippen LogP contribution in [0.25, 0.3) is 32.7 Å². The van der Waals surface area contributed by atoms with Crippen LogP contribution >= 0.6 is 12.6 Å². The first kappa shape index (κ1) is 16.9. The average Bonchev–Trinajstić information content (AvgIpc) is 2.75. The Morgan fingerprint density at radius 3 is 1.79 bits per heavy atom. The lowest BCUT2D eigenvalue weighted by Crippen LogP contribution is -1.92. The molecule has 0 radical (unpaired) electrons. The van der Waals surface area contributed by atoms with E-state index in [1.807, 2.05) is 30.3 Å². The van der Waals surface area contributed by atoms with Crippen LogP contribution in [0.15, 0.2) is 108 Å². The van der Waals surface area contributed by atoms with Gasteiger partial charge >= 0.3 is 0 Å². The van der Waals surface area contributed by atoms with E-state index in [2.05, 4.69) is 72.8 Å². The Hall–Kier alpha value is -3.23. The third-order valence-electron chi connectivity index (χ3n) is 5.02. The molecule has 0 heterocycles. The van der Waals surface area contributed by atoms with E-state index in [0.29, 0.717) is 0 Å². The Bertz CT molecular complexity index is 1290. The van der Waals surface area contributed by atoms with Gasteiger partial charge in [0.2, 0.25) is 0 Å². The first-order valence-electron chi connectivity index (χ1n) is 9.27. The summed E-state index contributed by atoms with van der Waals surface area (Å²) in [5.74, 6) is 1.65. The summed E-state index contributed by atoms with van der Waals surface area (Å²) in [7, 11) is 0. The van der Waals surface area contributed by atoms with Crippen molar-refractivity contribution < 1.29 is 4.74 Å². The Kier molecular flexibility index (Phi) is 4.27. The van der Waals surface area contributed by atoms with Crippen LogP contribution in [-0.4, -0.2) is 0 Å². The number of rotatable bonds is 3. The second-order valence-corrected chi connectivity index (χ2v) is 7.24. The van der Waals surface area contributed by atoms with E-state index in [-0.39, 0.29) is 0 Å². The molecule has 28 heavy (non-hydrogen) atoms. The molecule has 1 nitrogen and oxygen atoms in total. The summed E-state index contributed by atoms with van der Waals surface area (Å²) in [6, 6.07) is 35.1. The van der Waals surface area contributed by atoms with Crippen LogP contribution in [0.5, 0.6) is 11.5 Å². The normalized spacial score (nSPS) is 11.0. The highest BCUT2D eigenvalue weighted by atomic mass is 32.1. The van der Waals surface area contributed by atoms with Crippen molar-refractivity contribution in [1.82, 2.24) is 0 Å². The van der Waals surface area contributed by atoms with Gasteiger partial charge in [-0.3, -0.25) is 0 Å². The lowest BCUT2D eigenvalue weighted by molar-refractivity contribution is 0.485. The van der Waals surface area contributed by atoms with Crippen molar-refractivity contribution in [2.24, 2.45) is 0 Å². The number of hydrogen-bond donors (Lipinski definition) is 1. The standard InChI is InChI=1S/C26H18OS/c28-24-17-15-19-9-5-7-13-22(19)26(24)25-21-12-6-4-8-18(21)14-16-23(25)27-20-10-2-1-3-11-20/h1-17,28H. The molecule has 0 aliphatic carbocycles. The summed E-state index contributed by atoms with van der Waals surface area (Å²) >= 11 is 4.83. The maximum Gasteiger partial charge on any atom is 0.135 e. The number of ether oxygens (including phenoxy) is 1. The summed E-state index contributed by atoms with van der Waals surface area (Å²) in [5, 5.41) is 4.69. The van der Waals surface area contributed by atoms with Gasteiger partial charge in [-0.25, -0.2) is 0 Å². The molecule has 134 valence electrons. The molecular formula is C26H18OS. The summed E-state index contributed by atoms with van der Waals surface area (Å²) in [6.07, 6.45) is 0. The van der Waals surface area contributed by atoms with Crippen molar-refractivity contribution in [3.8, 4) is 22.6 Å². The van der Waals surface area contributed by atoms with E-state index in [9.17, 15) is 0 Å². The molecule has 0 spiro atoms. The van der Waals surface area contributed by atoms with Gasteiger partial charge in [-0.05, 0) is 45.8 Å². The third-order valence-corrected chi connectivity index (χ3v) is 5.39. The van der Waals surface area contributed by atoms with Crippen LogP contribution in [-0.2, 0) is 0 Å². The minimum absolute atomic E-state index is 0.819. The zero-order valence-corrected chi connectivity index (χ0v) is 16.1. The van der Waals surface area contributed by atoms with Gasteiger partial charge in [0.25, 0.3) is 0 Å². The molecule has 0 bridgehead atoms. The predicted octanol–water partition coefficient (Wildman–Crippen LogP) is 7.74. The summed E-state index contributed by atoms with van der Waals surface area (Å²) < 4.78 is 6.34. The van der Waals surface area contributed by atoms with Crippen LogP contribution in [0.2, 0.25) is 0 Å². The molecule has 0 fully saturated rings. The zero-order chi connectivity index (χ0) is 18.9. The quantitative estimate of drug-likeness (QED) is 0.316. The molecular weight excluding hydrogens is 360 g/mol. The highest BCUT2D eigenvalue weighted by Crippen LogP contribution is 2.44. The van der Waals surface area contributed by atoms with Gasteiger partial charge in [0.1, 0.15) is 11.5 Å². The molecule has 5 rings (SSSR count). The minimum Gasteiger partial charge on any atom is -0.457 e. The van der Waals surface area contributed by atoms with Crippen molar-refractivity contribution in [3.63, 3.8) is 0 Å². The Labute approximate surface area is 169 Å². The van der Waals surface area contributed by atoms with E-state index in [0.717, 1.165) is 32.9 Å². The Morgan fingerprint density at radius 1 is 0.500 bits per heavy atom. The largest absolute Gasteiger partial charge is 0.457 e. The monoisotopic (exact) mass is 378 g/mol. The molecule has 0 atom stereocenters. The first-order valence-corrected chi connectivity index (χ1v) is 9.72. The van der Waals surface area contributed by atoms with E-state index in [4.69, 9.17) is 17.4 Å². The Morgan fingerprint density at radius 2 is 1.07 bits per heavy atom. The molecule has 0 unspecified atom stereocenters. The number of fused-ring (bicyclic) bond motifs is 2. The van der Waals surface area contributed by atoms with Crippen molar-refractivity contribution in [1.29, 1.82) is 0 Å². The fraction of sp³-hybridized carbons (Fsp3) is 0. The van der Waals surface area contributed by atoms with Crippen molar-refractivity contribution >= 4 is 34.2 Å². The van der Waals surface area contributed by atoms with Gasteiger partial charge in [-0.2, -0.15) is 0 Å². The maximum absolute atomic E-state index is 6.34. The summed E-state index contributed by atoms with van der Waals surface area (Å²) in [5.41, 5.74) is 2.17. The molecule has 5 aromatic rings. The first-order chi connectivity index (χ1) is 13.8. The topological polar surface area (TPSA) is 9.23 Å². The molecule has 0 saturated heterocycles. The molecule has 5 aromatic carbocycles. The molecule has 0 aromatic heterocycles. The molecule has 2 heteroatoms. The van der Waals surface area contributed by atoms with Gasteiger partial charge in [0, 0.05) is 16.0 Å². The molecule has 0 N–H and O–H groups in total. The van der Waals surface area contributed by atoms with Crippen molar-refractivity contribution in [2.45, 2.75) is 4.90 Å². The van der Waals surface area contributed by atoms with Crippen LogP contribution in [0, 0.1) is 0 Å². The number of benzene rings is 5. The van der Waals surface area contributed by atoms with Gasteiger partial charge in [0.05, 0.1) is 0 Å². The highest BCUT2D eigenvalue weighted by molar-refractivity contribution is 7.80. The molecule has 0 amide bonds. The summed E-state index contributed by atoms with van der Waals surface area (Å²) in [6.45, 7) is 0. The number of thiol groups is 1. The molecule has 0 saturated carbocycles. The van der Waals surface area contributed by atoms with Crippen LogP contribution in [0.4, 0.5) is 0 Å². The lowest BCUT2D eigenvalue weighted by Gasteiger charge is -2.18.